The first-order valence-electron chi connectivity index (χ1n) is 10.1. The van der Waals surface area contributed by atoms with E-state index in [2.05, 4.69) is 66.1 Å². The summed E-state index contributed by atoms with van der Waals surface area (Å²) >= 11 is 1.07. The van der Waals surface area contributed by atoms with E-state index in [0.717, 1.165) is 22.9 Å². The second-order valence-corrected chi connectivity index (χ2v) is 8.65. The third-order valence-corrected chi connectivity index (χ3v) is 6.30. The molecule has 0 bridgehead atoms. The highest BCUT2D eigenvalue weighted by molar-refractivity contribution is 8.15. The third kappa shape index (κ3) is 4.81. The molecule has 1 saturated heterocycles. The number of carbonyl (C=O) groups is 2. The molecule has 5 heteroatoms. The summed E-state index contributed by atoms with van der Waals surface area (Å²) in [5.74, 6) is -0.203. The highest BCUT2D eigenvalue weighted by Gasteiger charge is 2.31. The van der Waals surface area contributed by atoms with Gasteiger partial charge in [-0.05, 0) is 35.6 Å². The zero-order valence-electron chi connectivity index (χ0n) is 16.7. The number of hydrogen-bond donors (Lipinski definition) is 2. The van der Waals surface area contributed by atoms with E-state index in [0.29, 0.717) is 6.42 Å². The fourth-order valence-corrected chi connectivity index (χ4v) is 4.62. The Hall–Kier alpha value is -2.89. The van der Waals surface area contributed by atoms with Gasteiger partial charge in [-0.2, -0.15) is 0 Å². The Balaban J connectivity index is 1.61. The Morgan fingerprint density at radius 3 is 2.13 bits per heavy atom. The highest BCUT2D eigenvalue weighted by Crippen LogP contribution is 2.28. The monoisotopic (exact) mass is 416 g/mol. The summed E-state index contributed by atoms with van der Waals surface area (Å²) < 4.78 is 0. The van der Waals surface area contributed by atoms with E-state index in [9.17, 15) is 9.59 Å². The molecule has 2 N–H and O–H groups in total. The number of rotatable bonds is 7. The molecule has 4 rings (SSSR count). The van der Waals surface area contributed by atoms with Crippen molar-refractivity contribution in [3.63, 3.8) is 0 Å². The maximum absolute atomic E-state index is 12.0. The van der Waals surface area contributed by atoms with Gasteiger partial charge in [0.2, 0.25) is 5.91 Å². The molecule has 3 atom stereocenters. The fraction of sp³-hybridized carbons (Fsp3) is 0.200. The van der Waals surface area contributed by atoms with Gasteiger partial charge in [-0.25, -0.2) is 0 Å². The van der Waals surface area contributed by atoms with Crippen molar-refractivity contribution in [3.8, 4) is 0 Å². The molecule has 0 spiro atoms. The second kappa shape index (κ2) is 9.28. The van der Waals surface area contributed by atoms with E-state index in [1.54, 1.807) is 0 Å². The molecule has 0 radical (unpaired) electrons. The van der Waals surface area contributed by atoms with Gasteiger partial charge in [-0.1, -0.05) is 96.7 Å². The molecule has 30 heavy (non-hydrogen) atoms. The Morgan fingerprint density at radius 2 is 1.50 bits per heavy atom. The number of benzene rings is 3. The standard InChI is InChI=1S/C25H24N2O2S/c1-17(19-10-4-2-5-11-19)26-23(20-12-6-3-7-13-20)21-14-8-9-18(15-21)16-22-24(28)27-25(29)30-22/h2-15,17,22-23,26H,16H2,1H3,(H,27,28,29)/t17-,22?,23?/m1/s1. The van der Waals surface area contributed by atoms with Crippen LogP contribution in [0, 0.1) is 0 Å². The molecule has 2 unspecified atom stereocenters. The van der Waals surface area contributed by atoms with Crippen LogP contribution in [0.25, 0.3) is 0 Å². The number of amides is 2. The summed E-state index contributed by atoms with van der Waals surface area (Å²) in [7, 11) is 0. The molecule has 1 aliphatic rings. The van der Waals surface area contributed by atoms with Crippen LogP contribution in [-0.4, -0.2) is 16.4 Å². The second-order valence-electron chi connectivity index (χ2n) is 7.48. The minimum Gasteiger partial charge on any atom is -0.300 e. The van der Waals surface area contributed by atoms with Crippen LogP contribution >= 0.6 is 11.8 Å². The van der Waals surface area contributed by atoms with Crippen molar-refractivity contribution >= 4 is 22.9 Å². The average Bonchev–Trinajstić information content (AvgIpc) is 3.09. The summed E-state index contributed by atoms with van der Waals surface area (Å²) in [5, 5.41) is 5.51. The Kier molecular flexibility index (Phi) is 6.31. The van der Waals surface area contributed by atoms with Crippen molar-refractivity contribution in [1.29, 1.82) is 0 Å². The van der Waals surface area contributed by atoms with E-state index in [1.165, 1.54) is 11.1 Å². The predicted molar refractivity (Wildman–Crippen MR) is 121 cm³/mol. The van der Waals surface area contributed by atoms with Crippen molar-refractivity contribution < 1.29 is 9.59 Å². The van der Waals surface area contributed by atoms with Crippen molar-refractivity contribution in [2.24, 2.45) is 0 Å². The fourth-order valence-electron chi connectivity index (χ4n) is 3.76. The van der Waals surface area contributed by atoms with E-state index in [-0.39, 0.29) is 28.5 Å². The van der Waals surface area contributed by atoms with Crippen LogP contribution in [0.2, 0.25) is 0 Å². The van der Waals surface area contributed by atoms with Crippen molar-refractivity contribution in [2.75, 3.05) is 0 Å². The molecular formula is C25H24N2O2S. The zero-order valence-corrected chi connectivity index (χ0v) is 17.6. The van der Waals surface area contributed by atoms with Gasteiger partial charge in [-0.3, -0.25) is 20.2 Å². The van der Waals surface area contributed by atoms with Gasteiger partial charge >= 0.3 is 0 Å². The van der Waals surface area contributed by atoms with Gasteiger partial charge in [0.05, 0.1) is 11.3 Å². The predicted octanol–water partition coefficient (Wildman–Crippen LogP) is 5.02. The van der Waals surface area contributed by atoms with Crippen LogP contribution in [-0.2, 0) is 11.2 Å². The molecular weight excluding hydrogens is 392 g/mol. The Morgan fingerprint density at radius 1 is 0.867 bits per heavy atom. The van der Waals surface area contributed by atoms with Crippen LogP contribution in [0.15, 0.2) is 84.9 Å². The Bertz CT molecular complexity index is 1020. The molecule has 0 aromatic heterocycles. The SMILES string of the molecule is C[C@@H](NC(c1ccccc1)c1cccc(CC2SC(=O)NC2=O)c1)c1ccccc1. The van der Waals surface area contributed by atoms with Gasteiger partial charge in [-0.15, -0.1) is 0 Å². The summed E-state index contributed by atoms with van der Waals surface area (Å²) in [5.41, 5.74) is 4.59. The lowest BCUT2D eigenvalue weighted by Crippen LogP contribution is -2.26. The van der Waals surface area contributed by atoms with Gasteiger partial charge in [0, 0.05) is 6.04 Å². The number of carbonyl (C=O) groups excluding carboxylic acids is 2. The van der Waals surface area contributed by atoms with Crippen LogP contribution < -0.4 is 10.6 Å². The minimum absolute atomic E-state index is 0.00745. The smallest absolute Gasteiger partial charge is 0.286 e. The van der Waals surface area contributed by atoms with E-state index in [4.69, 9.17) is 0 Å². The summed E-state index contributed by atoms with van der Waals surface area (Å²) in [6.45, 7) is 2.17. The lowest BCUT2D eigenvalue weighted by Gasteiger charge is -2.25. The number of thioether (sulfide) groups is 1. The molecule has 3 aromatic rings. The first kappa shape index (κ1) is 20.4. The molecule has 1 heterocycles. The normalized spacial score (nSPS) is 18.1. The van der Waals surface area contributed by atoms with Crippen LogP contribution in [0.4, 0.5) is 4.79 Å². The summed E-state index contributed by atoms with van der Waals surface area (Å²) in [6.07, 6.45) is 0.534. The van der Waals surface area contributed by atoms with Crippen molar-refractivity contribution in [3.05, 3.63) is 107 Å². The number of imide groups is 1. The maximum atomic E-state index is 12.0. The van der Waals surface area contributed by atoms with E-state index >= 15 is 0 Å². The minimum atomic E-state index is -0.362. The zero-order chi connectivity index (χ0) is 20.9. The first-order chi connectivity index (χ1) is 14.6. The lowest BCUT2D eigenvalue weighted by atomic mass is 9.94. The molecule has 1 fully saturated rings. The van der Waals surface area contributed by atoms with Gasteiger partial charge in [0.1, 0.15) is 0 Å². The molecule has 1 aliphatic heterocycles. The maximum Gasteiger partial charge on any atom is 0.286 e. The quantitative estimate of drug-likeness (QED) is 0.568. The number of nitrogens with one attached hydrogen (secondary N) is 2. The van der Waals surface area contributed by atoms with Gasteiger partial charge in [0.25, 0.3) is 5.24 Å². The molecule has 0 aliphatic carbocycles. The molecule has 4 nitrogen and oxygen atoms in total. The molecule has 3 aromatic carbocycles. The lowest BCUT2D eigenvalue weighted by molar-refractivity contribution is -0.118. The average molecular weight is 417 g/mol. The third-order valence-electron chi connectivity index (χ3n) is 5.32. The van der Waals surface area contributed by atoms with E-state index in [1.807, 2.05) is 36.4 Å². The topological polar surface area (TPSA) is 58.2 Å². The molecule has 152 valence electrons. The van der Waals surface area contributed by atoms with E-state index < -0.39 is 0 Å². The van der Waals surface area contributed by atoms with Crippen LogP contribution in [0.3, 0.4) is 0 Å². The van der Waals surface area contributed by atoms with Crippen LogP contribution in [0.1, 0.15) is 41.3 Å². The molecule has 2 amide bonds. The van der Waals surface area contributed by atoms with Gasteiger partial charge < -0.3 is 0 Å². The Labute approximate surface area is 181 Å². The van der Waals surface area contributed by atoms with Crippen molar-refractivity contribution in [2.45, 2.75) is 30.7 Å². The van der Waals surface area contributed by atoms with Gasteiger partial charge in [0.15, 0.2) is 0 Å². The van der Waals surface area contributed by atoms with Crippen molar-refractivity contribution in [1.82, 2.24) is 10.6 Å². The largest absolute Gasteiger partial charge is 0.300 e. The number of hydrogen-bond acceptors (Lipinski definition) is 4. The first-order valence-corrected chi connectivity index (χ1v) is 10.9. The summed E-state index contributed by atoms with van der Waals surface area (Å²) in [4.78, 5) is 23.5. The highest BCUT2D eigenvalue weighted by atomic mass is 32.2. The van der Waals surface area contributed by atoms with Crippen LogP contribution in [0.5, 0.6) is 0 Å². The summed E-state index contributed by atoms with van der Waals surface area (Å²) in [6, 6.07) is 29.2. The molecule has 0 saturated carbocycles.